The molecule has 0 saturated heterocycles. The lowest BCUT2D eigenvalue weighted by Crippen LogP contribution is -2.00. The molecule has 0 unspecified atom stereocenters. The van der Waals surface area contributed by atoms with E-state index in [0.717, 1.165) is 82.9 Å². The van der Waals surface area contributed by atoms with Crippen LogP contribution in [0.15, 0.2) is 211 Å². The topological polar surface area (TPSA) is 64.7 Å². The molecular formula is C56H34N4O. The number of rotatable bonds is 6. The standard InChI is InChI=1S/C56H34N4O/c1-3-13-35(14-4-1)36-23-27-39(28-24-36)55-58-54(38-15-5-2-6-16-38)59-56(60-55)40-29-25-37(26-30-40)41-31-32-46-49(34-41)57-52(53-51(46)47-21-11-12-22-50(47)61-53)48-33-42-17-7-8-18-43(42)44-19-9-10-20-45(44)48/h1-34H. The van der Waals surface area contributed by atoms with Crippen molar-refractivity contribution >= 4 is 54.4 Å². The maximum absolute atomic E-state index is 6.70. The van der Waals surface area contributed by atoms with E-state index in [0.29, 0.717) is 17.5 Å². The Bertz CT molecular complexity index is 3620. The highest BCUT2D eigenvalue weighted by atomic mass is 16.3. The predicted molar refractivity (Wildman–Crippen MR) is 250 cm³/mol. The normalized spacial score (nSPS) is 11.6. The highest BCUT2D eigenvalue weighted by Crippen LogP contribution is 2.43. The van der Waals surface area contributed by atoms with Crippen LogP contribution < -0.4 is 0 Å². The fraction of sp³-hybridized carbons (Fsp3) is 0. The second kappa shape index (κ2) is 14.2. The molecule has 0 spiro atoms. The first-order valence-corrected chi connectivity index (χ1v) is 20.5. The second-order valence-corrected chi connectivity index (χ2v) is 15.4. The number of aromatic nitrogens is 4. The lowest BCUT2D eigenvalue weighted by molar-refractivity contribution is 0.669. The van der Waals surface area contributed by atoms with Crippen LogP contribution in [0.5, 0.6) is 0 Å². The van der Waals surface area contributed by atoms with Crippen molar-refractivity contribution in [2.24, 2.45) is 0 Å². The molecule has 12 rings (SSSR count). The zero-order valence-corrected chi connectivity index (χ0v) is 32.8. The van der Waals surface area contributed by atoms with Crippen LogP contribution in [0.2, 0.25) is 0 Å². The fourth-order valence-electron chi connectivity index (χ4n) is 8.70. The zero-order valence-electron chi connectivity index (χ0n) is 32.8. The smallest absolute Gasteiger partial charge is 0.164 e. The van der Waals surface area contributed by atoms with E-state index in [1.807, 2.05) is 48.5 Å². The van der Waals surface area contributed by atoms with Crippen LogP contribution in [0.4, 0.5) is 0 Å². The molecule has 284 valence electrons. The van der Waals surface area contributed by atoms with Gasteiger partial charge in [0.2, 0.25) is 0 Å². The third-order valence-electron chi connectivity index (χ3n) is 11.7. The van der Waals surface area contributed by atoms with Gasteiger partial charge in [-0.3, -0.25) is 0 Å². The fourth-order valence-corrected chi connectivity index (χ4v) is 8.70. The van der Waals surface area contributed by atoms with Crippen molar-refractivity contribution in [3.63, 3.8) is 0 Å². The molecule has 5 nitrogen and oxygen atoms in total. The minimum Gasteiger partial charge on any atom is -0.454 e. The average molecular weight is 779 g/mol. The molecule has 0 aliphatic carbocycles. The van der Waals surface area contributed by atoms with Crippen LogP contribution in [-0.4, -0.2) is 19.9 Å². The summed E-state index contributed by atoms with van der Waals surface area (Å²) in [6, 6.07) is 71.6. The highest BCUT2D eigenvalue weighted by molar-refractivity contribution is 6.23. The van der Waals surface area contributed by atoms with Gasteiger partial charge >= 0.3 is 0 Å². The molecule has 5 heteroatoms. The molecule has 3 aromatic heterocycles. The number of benzene rings is 9. The first-order valence-electron chi connectivity index (χ1n) is 20.5. The predicted octanol–water partition coefficient (Wildman–Crippen LogP) is 14.6. The van der Waals surface area contributed by atoms with Crippen molar-refractivity contribution in [1.82, 2.24) is 19.9 Å². The number of pyridine rings is 1. The van der Waals surface area contributed by atoms with Crippen LogP contribution in [0.1, 0.15) is 0 Å². The molecule has 0 aliphatic heterocycles. The average Bonchev–Trinajstić information content (AvgIpc) is 3.74. The maximum atomic E-state index is 6.70. The van der Waals surface area contributed by atoms with Gasteiger partial charge in [0, 0.05) is 38.4 Å². The second-order valence-electron chi connectivity index (χ2n) is 15.4. The summed E-state index contributed by atoms with van der Waals surface area (Å²) in [4.78, 5) is 20.4. The number of furan rings is 1. The Morgan fingerprint density at radius 1 is 0.311 bits per heavy atom. The van der Waals surface area contributed by atoms with Crippen molar-refractivity contribution in [1.29, 1.82) is 0 Å². The lowest BCUT2D eigenvalue weighted by atomic mass is 9.94. The van der Waals surface area contributed by atoms with Crippen LogP contribution in [-0.2, 0) is 0 Å². The Hall–Kier alpha value is -8.28. The molecule has 0 saturated carbocycles. The first kappa shape index (κ1) is 34.7. The van der Waals surface area contributed by atoms with Crippen molar-refractivity contribution in [2.45, 2.75) is 0 Å². The van der Waals surface area contributed by atoms with E-state index in [1.165, 1.54) is 21.7 Å². The van der Waals surface area contributed by atoms with Gasteiger partial charge in [-0.2, -0.15) is 0 Å². The van der Waals surface area contributed by atoms with Gasteiger partial charge in [0.25, 0.3) is 0 Å². The van der Waals surface area contributed by atoms with Gasteiger partial charge in [-0.25, -0.2) is 19.9 Å². The molecule has 0 atom stereocenters. The van der Waals surface area contributed by atoms with E-state index in [-0.39, 0.29) is 0 Å². The van der Waals surface area contributed by atoms with Crippen molar-refractivity contribution < 1.29 is 4.42 Å². The van der Waals surface area contributed by atoms with Gasteiger partial charge in [-0.15, -0.1) is 0 Å². The van der Waals surface area contributed by atoms with Crippen molar-refractivity contribution in [2.75, 3.05) is 0 Å². The first-order chi connectivity index (χ1) is 30.2. The number of fused-ring (bicyclic) bond motifs is 8. The van der Waals surface area contributed by atoms with Crippen molar-refractivity contribution in [3.8, 4) is 67.7 Å². The van der Waals surface area contributed by atoms with E-state index in [1.54, 1.807) is 0 Å². The van der Waals surface area contributed by atoms with Crippen LogP contribution in [0.3, 0.4) is 0 Å². The Morgan fingerprint density at radius 3 is 1.46 bits per heavy atom. The monoisotopic (exact) mass is 778 g/mol. The molecule has 0 amide bonds. The van der Waals surface area contributed by atoms with Gasteiger partial charge < -0.3 is 4.42 Å². The molecule has 12 aromatic rings. The summed E-state index contributed by atoms with van der Waals surface area (Å²) in [5.74, 6) is 1.87. The van der Waals surface area contributed by atoms with E-state index in [9.17, 15) is 0 Å². The molecule has 61 heavy (non-hydrogen) atoms. The largest absolute Gasteiger partial charge is 0.454 e. The lowest BCUT2D eigenvalue weighted by Gasteiger charge is -2.13. The van der Waals surface area contributed by atoms with Crippen LogP contribution in [0, 0.1) is 0 Å². The molecule has 3 heterocycles. The molecular weight excluding hydrogens is 745 g/mol. The molecule has 0 N–H and O–H groups in total. The Kier molecular flexibility index (Phi) is 8.10. The van der Waals surface area contributed by atoms with E-state index < -0.39 is 0 Å². The Morgan fingerprint density at radius 2 is 0.787 bits per heavy atom. The van der Waals surface area contributed by atoms with Crippen LogP contribution >= 0.6 is 0 Å². The Labute approximate surface area is 351 Å². The van der Waals surface area contributed by atoms with Gasteiger partial charge in [-0.1, -0.05) is 188 Å². The summed E-state index contributed by atoms with van der Waals surface area (Å²) in [6.07, 6.45) is 0. The van der Waals surface area contributed by atoms with Gasteiger partial charge in [0.05, 0.1) is 5.52 Å². The van der Waals surface area contributed by atoms with E-state index >= 15 is 0 Å². The van der Waals surface area contributed by atoms with Crippen molar-refractivity contribution in [3.05, 3.63) is 206 Å². The third-order valence-corrected chi connectivity index (χ3v) is 11.7. The van der Waals surface area contributed by atoms with Gasteiger partial charge in [-0.05, 0) is 62.0 Å². The van der Waals surface area contributed by atoms with Gasteiger partial charge in [0.1, 0.15) is 11.3 Å². The zero-order chi connectivity index (χ0) is 40.3. The Balaban J connectivity index is 0.972. The summed E-state index contributed by atoms with van der Waals surface area (Å²) in [5.41, 5.74) is 11.6. The quantitative estimate of drug-likeness (QED) is 0.157. The molecule has 0 radical (unpaired) electrons. The summed E-state index contributed by atoms with van der Waals surface area (Å²) in [5, 5.41) is 7.92. The number of para-hydroxylation sites is 1. The maximum Gasteiger partial charge on any atom is 0.164 e. The minimum absolute atomic E-state index is 0.615. The van der Waals surface area contributed by atoms with E-state index in [4.69, 9.17) is 24.4 Å². The highest BCUT2D eigenvalue weighted by Gasteiger charge is 2.21. The van der Waals surface area contributed by atoms with Gasteiger partial charge in [0.15, 0.2) is 23.1 Å². The molecule has 0 fully saturated rings. The summed E-state index contributed by atoms with van der Waals surface area (Å²) in [6.45, 7) is 0. The van der Waals surface area contributed by atoms with Crippen LogP contribution in [0.25, 0.3) is 122 Å². The van der Waals surface area contributed by atoms with E-state index in [2.05, 4.69) is 158 Å². The number of hydrogen-bond acceptors (Lipinski definition) is 5. The molecule has 0 aliphatic rings. The minimum atomic E-state index is 0.615. The summed E-state index contributed by atoms with van der Waals surface area (Å²) < 4.78 is 6.70. The molecule has 9 aromatic carbocycles. The number of nitrogens with zero attached hydrogens (tertiary/aromatic N) is 4. The third kappa shape index (κ3) is 6.02. The summed E-state index contributed by atoms with van der Waals surface area (Å²) in [7, 11) is 0. The SMILES string of the molecule is c1ccc(-c2ccc(-c3nc(-c4ccccc4)nc(-c4ccc(-c5ccc6c(c5)nc(-c5cc7ccccc7c7ccccc57)c5oc7ccccc7c56)cc4)n3)cc2)cc1. The number of hydrogen-bond donors (Lipinski definition) is 0. The summed E-state index contributed by atoms with van der Waals surface area (Å²) >= 11 is 0. The molecule has 0 bridgehead atoms.